The molecule has 0 bridgehead atoms. The zero-order chi connectivity index (χ0) is 16.0. The van der Waals surface area contributed by atoms with Crippen LogP contribution in [0.5, 0.6) is 0 Å². The number of carbonyl (C=O) groups is 2. The second kappa shape index (κ2) is 7.16. The quantitative estimate of drug-likeness (QED) is 0.638. The van der Waals surface area contributed by atoms with Gasteiger partial charge < -0.3 is 15.2 Å². The zero-order valence-electron chi connectivity index (χ0n) is 12.8. The number of amides is 1. The molecule has 1 unspecified atom stereocenters. The minimum Gasteiger partial charge on any atom is -0.480 e. The molecule has 0 aliphatic heterocycles. The van der Waals surface area contributed by atoms with Crippen molar-refractivity contribution < 1.29 is 19.4 Å². The Hall–Kier alpha value is -1.96. The van der Waals surface area contributed by atoms with Gasteiger partial charge in [-0.05, 0) is 12.8 Å². The number of nitrogens with one attached hydrogen (secondary N) is 2. The van der Waals surface area contributed by atoms with Crippen LogP contribution in [0.1, 0.15) is 50.1 Å². The lowest BCUT2D eigenvalue weighted by Crippen LogP contribution is -2.41. The Morgan fingerprint density at radius 3 is 2.57 bits per heavy atom. The van der Waals surface area contributed by atoms with Crippen LogP contribution in [-0.4, -0.2) is 51.9 Å². The average molecular weight is 298 g/mol. The van der Waals surface area contributed by atoms with Crippen LogP contribution >= 0.6 is 0 Å². The number of hydrogen-bond acceptors (Lipinski definition) is 5. The summed E-state index contributed by atoms with van der Waals surface area (Å²) in [5, 5.41) is 18.0. The molecule has 0 aliphatic rings. The number of nitrogens with zero attached hydrogens (tertiary/aromatic N) is 2. The number of carbonyl (C=O) groups excluding carboxylic acids is 1. The zero-order valence-corrected chi connectivity index (χ0v) is 12.8. The predicted molar refractivity (Wildman–Crippen MR) is 75.1 cm³/mol. The number of aliphatic carboxylic acids is 1. The van der Waals surface area contributed by atoms with Gasteiger partial charge in [0.25, 0.3) is 5.91 Å². The minimum absolute atomic E-state index is 0.0575. The maximum Gasteiger partial charge on any atom is 0.326 e. The van der Waals surface area contributed by atoms with Crippen molar-refractivity contribution in [3.63, 3.8) is 0 Å². The van der Waals surface area contributed by atoms with Crippen molar-refractivity contribution in [3.8, 4) is 0 Å². The smallest absolute Gasteiger partial charge is 0.326 e. The van der Waals surface area contributed by atoms with Crippen LogP contribution in [0.15, 0.2) is 0 Å². The van der Waals surface area contributed by atoms with Crippen molar-refractivity contribution in [3.05, 3.63) is 11.6 Å². The lowest BCUT2D eigenvalue weighted by molar-refractivity contribution is -0.139. The van der Waals surface area contributed by atoms with Crippen molar-refractivity contribution in [2.24, 2.45) is 0 Å². The molecule has 21 heavy (non-hydrogen) atoms. The van der Waals surface area contributed by atoms with E-state index in [1.54, 1.807) is 0 Å². The van der Waals surface area contributed by atoms with E-state index < -0.39 is 17.9 Å². The Labute approximate surface area is 123 Å². The molecule has 8 heteroatoms. The summed E-state index contributed by atoms with van der Waals surface area (Å²) in [6.07, 6.45) is 0.820. The Bertz CT molecular complexity index is 493. The van der Waals surface area contributed by atoms with E-state index in [-0.39, 0.29) is 17.7 Å². The van der Waals surface area contributed by atoms with Gasteiger partial charge in [-0.2, -0.15) is 0 Å². The first-order valence-corrected chi connectivity index (χ1v) is 6.71. The molecule has 0 saturated carbocycles. The van der Waals surface area contributed by atoms with Gasteiger partial charge in [-0.15, -0.1) is 5.10 Å². The Morgan fingerprint density at radius 2 is 2.10 bits per heavy atom. The summed E-state index contributed by atoms with van der Waals surface area (Å²) >= 11 is 0. The Morgan fingerprint density at radius 1 is 1.43 bits per heavy atom. The monoisotopic (exact) mass is 298 g/mol. The highest BCUT2D eigenvalue weighted by Crippen LogP contribution is 2.17. The summed E-state index contributed by atoms with van der Waals surface area (Å²) in [6, 6.07) is -0.982. The highest BCUT2D eigenvalue weighted by molar-refractivity contribution is 5.93. The van der Waals surface area contributed by atoms with Gasteiger partial charge in [-0.25, -0.2) is 9.78 Å². The second-order valence-electron chi connectivity index (χ2n) is 5.76. The minimum atomic E-state index is -1.09. The molecule has 0 radical (unpaired) electrons. The molecule has 118 valence electrons. The summed E-state index contributed by atoms with van der Waals surface area (Å²) in [6.45, 7) is 6.23. The number of carboxylic acid groups (broad SMARTS) is 1. The average Bonchev–Trinajstić information content (AvgIpc) is 2.86. The first kappa shape index (κ1) is 17.1. The summed E-state index contributed by atoms with van der Waals surface area (Å²) in [7, 11) is 1.54. The van der Waals surface area contributed by atoms with Crippen LogP contribution in [0.25, 0.3) is 0 Å². The molecule has 1 aromatic rings. The van der Waals surface area contributed by atoms with Gasteiger partial charge in [0, 0.05) is 19.1 Å². The van der Waals surface area contributed by atoms with Crippen molar-refractivity contribution in [2.75, 3.05) is 13.7 Å². The molecule has 3 N–H and O–H groups in total. The van der Waals surface area contributed by atoms with E-state index in [1.165, 1.54) is 7.11 Å². The molecule has 1 heterocycles. The summed E-state index contributed by atoms with van der Waals surface area (Å²) in [5.41, 5.74) is -0.268. The van der Waals surface area contributed by atoms with E-state index in [9.17, 15) is 9.59 Å². The highest BCUT2D eigenvalue weighted by Gasteiger charge is 2.25. The fourth-order valence-corrected chi connectivity index (χ4v) is 1.61. The lowest BCUT2D eigenvalue weighted by atomic mass is 9.96. The van der Waals surface area contributed by atoms with Gasteiger partial charge >= 0.3 is 5.97 Å². The van der Waals surface area contributed by atoms with E-state index in [2.05, 4.69) is 20.5 Å². The van der Waals surface area contributed by atoms with Gasteiger partial charge in [-0.3, -0.25) is 9.89 Å². The van der Waals surface area contributed by atoms with Crippen molar-refractivity contribution in [2.45, 2.75) is 45.1 Å². The first-order valence-electron chi connectivity index (χ1n) is 6.71. The van der Waals surface area contributed by atoms with Gasteiger partial charge in [-0.1, -0.05) is 20.8 Å². The van der Waals surface area contributed by atoms with Gasteiger partial charge in [0.2, 0.25) is 5.82 Å². The lowest BCUT2D eigenvalue weighted by Gasteiger charge is -2.13. The molecule has 0 spiro atoms. The van der Waals surface area contributed by atoms with Crippen LogP contribution in [0.3, 0.4) is 0 Å². The second-order valence-corrected chi connectivity index (χ2v) is 5.76. The fourth-order valence-electron chi connectivity index (χ4n) is 1.61. The van der Waals surface area contributed by atoms with Crippen molar-refractivity contribution >= 4 is 11.9 Å². The van der Waals surface area contributed by atoms with Crippen molar-refractivity contribution in [1.82, 2.24) is 20.5 Å². The predicted octanol–water partition coefficient (Wildman–Crippen LogP) is 0.712. The van der Waals surface area contributed by atoms with Gasteiger partial charge in [0.15, 0.2) is 0 Å². The summed E-state index contributed by atoms with van der Waals surface area (Å²) in [5.74, 6) is -1.19. The number of H-pyrrole nitrogens is 1. The summed E-state index contributed by atoms with van der Waals surface area (Å²) < 4.78 is 4.87. The number of aromatic amines is 1. The maximum absolute atomic E-state index is 12.0. The van der Waals surface area contributed by atoms with Gasteiger partial charge in [0.1, 0.15) is 11.9 Å². The molecular weight excluding hydrogens is 276 g/mol. The molecular formula is C13H22N4O4. The van der Waals surface area contributed by atoms with E-state index in [1.807, 2.05) is 20.8 Å². The molecule has 1 atom stereocenters. The van der Waals surface area contributed by atoms with Crippen LogP contribution in [0.2, 0.25) is 0 Å². The van der Waals surface area contributed by atoms with Crippen LogP contribution in [0.4, 0.5) is 0 Å². The van der Waals surface area contributed by atoms with Gasteiger partial charge in [0.05, 0.1) is 0 Å². The summed E-state index contributed by atoms with van der Waals surface area (Å²) in [4.78, 5) is 27.2. The largest absolute Gasteiger partial charge is 0.480 e. The third-order valence-electron chi connectivity index (χ3n) is 2.84. The van der Waals surface area contributed by atoms with E-state index in [4.69, 9.17) is 9.84 Å². The van der Waals surface area contributed by atoms with E-state index >= 15 is 0 Å². The standard InChI is InChI=1S/C13H22N4O4/c1-13(2,3)12-15-9(16-17-12)10(18)14-8(11(19)20)6-5-7-21-4/h8H,5-7H2,1-4H3,(H,14,18)(H,19,20)(H,15,16,17). The van der Waals surface area contributed by atoms with Crippen molar-refractivity contribution in [1.29, 1.82) is 0 Å². The molecule has 0 fully saturated rings. The highest BCUT2D eigenvalue weighted by atomic mass is 16.5. The molecule has 0 aromatic carbocycles. The number of hydrogen-bond donors (Lipinski definition) is 3. The van der Waals surface area contributed by atoms with Crippen LogP contribution < -0.4 is 5.32 Å². The SMILES string of the molecule is COCCCC(NC(=O)c1n[nH]c(C(C)(C)C)n1)C(=O)O. The first-order chi connectivity index (χ1) is 9.75. The molecule has 8 nitrogen and oxygen atoms in total. The third kappa shape index (κ3) is 5.14. The maximum atomic E-state index is 12.0. The molecule has 1 aromatic heterocycles. The van der Waals surface area contributed by atoms with Crippen LogP contribution in [0, 0.1) is 0 Å². The fraction of sp³-hybridized carbons (Fsp3) is 0.692. The van der Waals surface area contributed by atoms with Crippen LogP contribution in [-0.2, 0) is 14.9 Å². The molecule has 0 saturated heterocycles. The molecule has 1 amide bonds. The van der Waals surface area contributed by atoms with E-state index in [0.717, 1.165) is 0 Å². The molecule has 1 rings (SSSR count). The number of rotatable bonds is 7. The molecule has 0 aliphatic carbocycles. The topological polar surface area (TPSA) is 117 Å². The number of carboxylic acids is 1. The number of methoxy groups -OCH3 is 1. The Balaban J connectivity index is 2.69. The number of aromatic nitrogens is 3. The normalized spacial score (nSPS) is 13.0. The Kier molecular flexibility index (Phi) is 5.83. The number of ether oxygens (including phenoxy) is 1. The van der Waals surface area contributed by atoms with E-state index in [0.29, 0.717) is 18.9 Å². The third-order valence-corrected chi connectivity index (χ3v) is 2.84.